The second-order valence-electron chi connectivity index (χ2n) is 6.64. The van der Waals surface area contributed by atoms with Gasteiger partial charge in [0.15, 0.2) is 0 Å². The molecule has 7 nitrogen and oxygen atoms in total. The van der Waals surface area contributed by atoms with Gasteiger partial charge in [0.05, 0.1) is 14.8 Å². The quantitative estimate of drug-likeness (QED) is 0.648. The second-order valence-corrected chi connectivity index (χ2v) is 8.99. The van der Waals surface area contributed by atoms with Crippen molar-refractivity contribution in [1.82, 2.24) is 9.62 Å². The molecule has 2 heterocycles. The Labute approximate surface area is 146 Å². The van der Waals surface area contributed by atoms with Gasteiger partial charge in [0.2, 0.25) is 10.0 Å². The highest BCUT2D eigenvalue weighted by atomic mass is 35.5. The minimum Gasteiger partial charge on any atom is -0.317 e. The van der Waals surface area contributed by atoms with Crippen molar-refractivity contribution in [1.29, 1.82) is 0 Å². The van der Waals surface area contributed by atoms with Crippen LogP contribution in [0.4, 0.5) is 5.69 Å². The first-order chi connectivity index (χ1) is 11.3. The molecule has 2 saturated heterocycles. The molecule has 9 heteroatoms. The van der Waals surface area contributed by atoms with Crippen LogP contribution in [0.1, 0.15) is 24.8 Å². The molecule has 1 N–H and O–H groups in total. The molecule has 3 rings (SSSR count). The topological polar surface area (TPSA) is 92.6 Å². The zero-order chi connectivity index (χ0) is 17.5. The maximum absolute atomic E-state index is 12.9. The van der Waals surface area contributed by atoms with Crippen molar-refractivity contribution in [2.45, 2.75) is 31.1 Å². The highest BCUT2D eigenvalue weighted by molar-refractivity contribution is 7.89. The van der Waals surface area contributed by atoms with E-state index in [0.717, 1.165) is 38.4 Å². The average molecular weight is 374 g/mol. The van der Waals surface area contributed by atoms with Crippen LogP contribution in [0.2, 0.25) is 5.02 Å². The van der Waals surface area contributed by atoms with Gasteiger partial charge < -0.3 is 5.32 Å². The first kappa shape index (κ1) is 17.6. The molecule has 132 valence electrons. The van der Waals surface area contributed by atoms with Gasteiger partial charge in [0.1, 0.15) is 0 Å². The monoisotopic (exact) mass is 373 g/mol. The van der Waals surface area contributed by atoms with Gasteiger partial charge in [-0.25, -0.2) is 8.42 Å². The Balaban J connectivity index is 1.93. The van der Waals surface area contributed by atoms with E-state index >= 15 is 0 Å². The summed E-state index contributed by atoms with van der Waals surface area (Å²) in [6.07, 6.45) is 2.73. The molecule has 0 bridgehead atoms. The van der Waals surface area contributed by atoms with Crippen LogP contribution in [0.3, 0.4) is 0 Å². The molecule has 0 aromatic heterocycles. The molecule has 24 heavy (non-hydrogen) atoms. The molecule has 1 aromatic rings. The van der Waals surface area contributed by atoms with E-state index in [0.29, 0.717) is 13.1 Å². The molecular formula is C15H20ClN3O4S. The summed E-state index contributed by atoms with van der Waals surface area (Å²) in [5, 5.41) is 14.5. The summed E-state index contributed by atoms with van der Waals surface area (Å²) in [5.74, 6) is 0. The van der Waals surface area contributed by atoms with Gasteiger partial charge in [-0.1, -0.05) is 11.6 Å². The van der Waals surface area contributed by atoms with Gasteiger partial charge in [0.25, 0.3) is 5.69 Å². The highest BCUT2D eigenvalue weighted by Gasteiger charge is 2.43. The minimum atomic E-state index is -3.79. The number of piperidine rings is 1. The van der Waals surface area contributed by atoms with E-state index in [1.807, 2.05) is 0 Å². The lowest BCUT2D eigenvalue weighted by Crippen LogP contribution is -2.39. The Morgan fingerprint density at radius 2 is 1.96 bits per heavy atom. The van der Waals surface area contributed by atoms with Crippen LogP contribution >= 0.6 is 11.6 Å². The molecule has 0 saturated carbocycles. The first-order valence-corrected chi connectivity index (χ1v) is 9.72. The summed E-state index contributed by atoms with van der Waals surface area (Å²) < 4.78 is 27.3. The van der Waals surface area contributed by atoms with Crippen molar-refractivity contribution in [3.05, 3.63) is 32.8 Å². The van der Waals surface area contributed by atoms with Gasteiger partial charge in [-0.3, -0.25) is 10.1 Å². The van der Waals surface area contributed by atoms with Crippen LogP contribution < -0.4 is 5.32 Å². The lowest BCUT2D eigenvalue weighted by molar-refractivity contribution is -0.385. The van der Waals surface area contributed by atoms with Crippen molar-refractivity contribution in [3.63, 3.8) is 0 Å². The van der Waals surface area contributed by atoms with Gasteiger partial charge in [0, 0.05) is 24.7 Å². The summed E-state index contributed by atoms with van der Waals surface area (Å²) in [4.78, 5) is 10.4. The van der Waals surface area contributed by atoms with Crippen LogP contribution in [-0.4, -0.2) is 43.8 Å². The number of nitrogens with one attached hydrogen (secondary N) is 1. The van der Waals surface area contributed by atoms with Gasteiger partial charge in [-0.05, 0) is 50.8 Å². The molecule has 2 aliphatic rings. The standard InChI is InChI=1S/C15H20ClN3O4S/c1-11-13(16)8-12(9-14(11)19(20)21)24(22,23)18-7-4-15(10-18)2-5-17-6-3-15/h8-9,17H,2-7,10H2,1H3. The molecule has 1 aromatic carbocycles. The fourth-order valence-electron chi connectivity index (χ4n) is 3.59. The predicted molar refractivity (Wildman–Crippen MR) is 90.8 cm³/mol. The Morgan fingerprint density at radius 3 is 2.58 bits per heavy atom. The molecule has 0 atom stereocenters. The van der Waals surface area contributed by atoms with Crippen molar-refractivity contribution in [2.75, 3.05) is 26.2 Å². The van der Waals surface area contributed by atoms with Crippen LogP contribution in [0.15, 0.2) is 17.0 Å². The normalized spacial score (nSPS) is 21.2. The molecule has 2 aliphatic heterocycles. The summed E-state index contributed by atoms with van der Waals surface area (Å²) >= 11 is 6.02. The molecule has 2 fully saturated rings. The van der Waals surface area contributed by atoms with Crippen molar-refractivity contribution < 1.29 is 13.3 Å². The van der Waals surface area contributed by atoms with E-state index in [2.05, 4.69) is 5.32 Å². The molecule has 0 unspecified atom stereocenters. The maximum atomic E-state index is 12.9. The number of nitrogens with zero attached hydrogens (tertiary/aromatic N) is 2. The minimum absolute atomic E-state index is 0.0265. The SMILES string of the molecule is Cc1c(Cl)cc(S(=O)(=O)N2CCC3(CCNCC3)C2)cc1[N+](=O)[O-]. The number of halogens is 1. The Morgan fingerprint density at radius 1 is 1.29 bits per heavy atom. The third kappa shape index (κ3) is 3.03. The van der Waals surface area contributed by atoms with Crippen LogP contribution in [0.5, 0.6) is 0 Å². The molecule has 0 amide bonds. The first-order valence-electron chi connectivity index (χ1n) is 7.91. The van der Waals surface area contributed by atoms with E-state index in [9.17, 15) is 18.5 Å². The van der Waals surface area contributed by atoms with Crippen LogP contribution in [-0.2, 0) is 10.0 Å². The number of hydrogen-bond acceptors (Lipinski definition) is 5. The second kappa shape index (κ2) is 6.25. The van der Waals surface area contributed by atoms with E-state index in [4.69, 9.17) is 11.6 Å². The number of hydrogen-bond donors (Lipinski definition) is 1. The number of sulfonamides is 1. The Hall–Kier alpha value is -1.22. The number of benzene rings is 1. The van der Waals surface area contributed by atoms with Crippen molar-refractivity contribution >= 4 is 27.3 Å². The summed E-state index contributed by atoms with van der Waals surface area (Å²) in [5.41, 5.74) is 0.0346. The predicted octanol–water partition coefficient (Wildman–Crippen LogP) is 2.32. The average Bonchev–Trinajstić information content (AvgIpc) is 2.94. The Bertz CT molecular complexity index is 775. The van der Waals surface area contributed by atoms with Gasteiger partial charge in [-0.15, -0.1) is 0 Å². The van der Waals surface area contributed by atoms with Crippen LogP contribution in [0.25, 0.3) is 0 Å². The largest absolute Gasteiger partial charge is 0.317 e. The fraction of sp³-hybridized carbons (Fsp3) is 0.600. The van der Waals surface area contributed by atoms with E-state index in [1.54, 1.807) is 0 Å². The summed E-state index contributed by atoms with van der Waals surface area (Å²) in [6.45, 7) is 4.22. The highest BCUT2D eigenvalue weighted by Crippen LogP contribution is 2.41. The summed E-state index contributed by atoms with van der Waals surface area (Å²) in [7, 11) is -3.79. The fourth-order valence-corrected chi connectivity index (χ4v) is 5.47. The molecular weight excluding hydrogens is 354 g/mol. The van der Waals surface area contributed by atoms with Crippen molar-refractivity contribution in [2.24, 2.45) is 5.41 Å². The zero-order valence-corrected chi connectivity index (χ0v) is 15.0. The summed E-state index contributed by atoms with van der Waals surface area (Å²) in [6, 6.07) is 2.43. The zero-order valence-electron chi connectivity index (χ0n) is 13.4. The lowest BCUT2D eigenvalue weighted by atomic mass is 9.78. The molecule has 0 radical (unpaired) electrons. The van der Waals surface area contributed by atoms with E-state index in [-0.39, 0.29) is 26.6 Å². The van der Waals surface area contributed by atoms with Crippen LogP contribution in [0, 0.1) is 22.5 Å². The third-order valence-electron chi connectivity index (χ3n) is 5.19. The lowest BCUT2D eigenvalue weighted by Gasteiger charge is -2.33. The Kier molecular flexibility index (Phi) is 4.59. The number of nitro benzene ring substituents is 1. The number of rotatable bonds is 3. The third-order valence-corrected chi connectivity index (χ3v) is 7.41. The van der Waals surface area contributed by atoms with Gasteiger partial charge >= 0.3 is 0 Å². The van der Waals surface area contributed by atoms with Gasteiger partial charge in [-0.2, -0.15) is 4.31 Å². The smallest absolute Gasteiger partial charge is 0.275 e. The maximum Gasteiger partial charge on any atom is 0.275 e. The number of nitro groups is 1. The molecule has 0 aliphatic carbocycles. The van der Waals surface area contributed by atoms with Crippen molar-refractivity contribution in [3.8, 4) is 0 Å². The molecule has 1 spiro atoms. The van der Waals surface area contributed by atoms with E-state index in [1.165, 1.54) is 17.3 Å². The van der Waals surface area contributed by atoms with E-state index < -0.39 is 14.9 Å².